The zero-order valence-electron chi connectivity index (χ0n) is 15.3. The lowest BCUT2D eigenvalue weighted by atomic mass is 9.98. The molecule has 1 unspecified atom stereocenters. The first-order chi connectivity index (χ1) is 11.5. The number of hydrogen-bond donors (Lipinski definition) is 1. The van der Waals surface area contributed by atoms with Gasteiger partial charge in [-0.25, -0.2) is 9.97 Å². The first-order valence-electron chi connectivity index (χ1n) is 9.07. The van der Waals surface area contributed by atoms with E-state index in [1.54, 1.807) is 0 Å². The highest BCUT2D eigenvalue weighted by Gasteiger charge is 2.32. The molecule has 1 atom stereocenters. The summed E-state index contributed by atoms with van der Waals surface area (Å²) in [5.74, 6) is 1.97. The van der Waals surface area contributed by atoms with E-state index in [2.05, 4.69) is 17.3 Å². The third-order valence-electron chi connectivity index (χ3n) is 5.09. The summed E-state index contributed by atoms with van der Waals surface area (Å²) in [5.41, 5.74) is 2.34. The summed E-state index contributed by atoms with van der Waals surface area (Å²) in [4.78, 5) is 26.6. The van der Waals surface area contributed by atoms with Gasteiger partial charge >= 0.3 is 0 Å². The first kappa shape index (κ1) is 17.1. The van der Waals surface area contributed by atoms with Gasteiger partial charge in [0.2, 0.25) is 5.91 Å². The Bertz CT molecular complexity index is 616. The van der Waals surface area contributed by atoms with E-state index in [0.717, 1.165) is 62.7 Å². The normalized spacial score (nSPS) is 21.7. The van der Waals surface area contributed by atoms with Crippen molar-refractivity contribution >= 4 is 11.7 Å². The average Bonchev–Trinajstić information content (AvgIpc) is 2.59. The summed E-state index contributed by atoms with van der Waals surface area (Å²) < 4.78 is 0. The molecule has 3 heterocycles. The molecular weight excluding hydrogens is 302 g/mol. The van der Waals surface area contributed by atoms with Crippen LogP contribution in [0.1, 0.15) is 56.2 Å². The fourth-order valence-electron chi connectivity index (χ4n) is 3.73. The van der Waals surface area contributed by atoms with Crippen LogP contribution in [0.3, 0.4) is 0 Å². The number of rotatable bonds is 3. The lowest BCUT2D eigenvalue weighted by Crippen LogP contribution is -2.41. The van der Waals surface area contributed by atoms with Gasteiger partial charge in [0.05, 0.1) is 11.7 Å². The number of hydrogen-bond acceptors (Lipinski definition) is 5. The van der Waals surface area contributed by atoms with Gasteiger partial charge < -0.3 is 15.1 Å². The molecule has 24 heavy (non-hydrogen) atoms. The topological polar surface area (TPSA) is 61.4 Å². The van der Waals surface area contributed by atoms with Crippen LogP contribution in [0, 0.1) is 5.92 Å². The van der Waals surface area contributed by atoms with Crippen LogP contribution >= 0.6 is 0 Å². The summed E-state index contributed by atoms with van der Waals surface area (Å²) in [6.07, 6.45) is 4.13. The number of carbonyl (C=O) groups excluding carboxylic acids is 1. The van der Waals surface area contributed by atoms with Crippen molar-refractivity contribution in [2.75, 3.05) is 32.5 Å². The minimum Gasteiger partial charge on any atom is -0.373 e. The molecule has 1 saturated heterocycles. The van der Waals surface area contributed by atoms with Crippen molar-refractivity contribution in [1.82, 2.24) is 19.8 Å². The molecule has 1 amide bonds. The van der Waals surface area contributed by atoms with E-state index in [9.17, 15) is 4.79 Å². The maximum absolute atomic E-state index is 12.6. The van der Waals surface area contributed by atoms with Crippen LogP contribution in [0.4, 0.5) is 5.82 Å². The molecule has 1 fully saturated rings. The number of aromatic nitrogens is 2. The van der Waals surface area contributed by atoms with E-state index in [4.69, 9.17) is 9.97 Å². The highest BCUT2D eigenvalue weighted by molar-refractivity contribution is 5.78. The summed E-state index contributed by atoms with van der Waals surface area (Å²) >= 11 is 0. The quantitative estimate of drug-likeness (QED) is 0.920. The molecule has 2 aliphatic rings. The van der Waals surface area contributed by atoms with Gasteiger partial charge in [0.1, 0.15) is 5.82 Å². The molecule has 0 spiro atoms. The number of likely N-dealkylation sites (tertiary alicyclic amines) is 1. The van der Waals surface area contributed by atoms with Crippen molar-refractivity contribution in [2.24, 2.45) is 5.92 Å². The van der Waals surface area contributed by atoms with Crippen molar-refractivity contribution in [3.8, 4) is 0 Å². The molecule has 1 aromatic rings. The summed E-state index contributed by atoms with van der Waals surface area (Å²) in [7, 11) is 4.04. The second-order valence-electron chi connectivity index (χ2n) is 7.29. The van der Waals surface area contributed by atoms with Gasteiger partial charge in [-0.05, 0) is 32.7 Å². The van der Waals surface area contributed by atoms with E-state index in [0.29, 0.717) is 0 Å². The van der Waals surface area contributed by atoms with Crippen LogP contribution in [-0.2, 0) is 17.8 Å². The molecule has 6 nitrogen and oxygen atoms in total. The Morgan fingerprint density at radius 1 is 1.25 bits per heavy atom. The second-order valence-corrected chi connectivity index (χ2v) is 7.29. The van der Waals surface area contributed by atoms with Crippen LogP contribution in [0.5, 0.6) is 0 Å². The van der Waals surface area contributed by atoms with Gasteiger partial charge in [0.15, 0.2) is 5.82 Å². The van der Waals surface area contributed by atoms with Crippen molar-refractivity contribution in [3.05, 3.63) is 17.1 Å². The second kappa shape index (κ2) is 7.05. The van der Waals surface area contributed by atoms with Crippen molar-refractivity contribution in [1.29, 1.82) is 0 Å². The number of carbonyl (C=O) groups is 1. The Hall–Kier alpha value is -1.69. The summed E-state index contributed by atoms with van der Waals surface area (Å²) in [6.45, 7) is 6.64. The van der Waals surface area contributed by atoms with Crippen LogP contribution in [-0.4, -0.2) is 52.9 Å². The van der Waals surface area contributed by atoms with Gasteiger partial charge in [-0.3, -0.25) is 4.79 Å². The van der Waals surface area contributed by atoms with Crippen LogP contribution in [0.15, 0.2) is 0 Å². The fourth-order valence-corrected chi connectivity index (χ4v) is 3.73. The van der Waals surface area contributed by atoms with Crippen LogP contribution in [0.2, 0.25) is 0 Å². The maximum atomic E-state index is 12.6. The molecule has 0 bridgehead atoms. The van der Waals surface area contributed by atoms with Gasteiger partial charge in [-0.1, -0.05) is 13.8 Å². The number of likely N-dealkylation sites (N-methyl/N-ethyl adjacent to an activating group) is 1. The molecular formula is C18H29N5O. The number of anilines is 1. The zero-order chi connectivity index (χ0) is 17.3. The molecule has 3 rings (SSSR count). The SMILES string of the molecule is CNc1nc(C2CCCCN2C(=O)C(C)C)nc2c1CCN(C)C2. The molecule has 0 radical (unpaired) electrons. The van der Waals surface area contributed by atoms with E-state index < -0.39 is 0 Å². The molecule has 0 saturated carbocycles. The first-order valence-corrected chi connectivity index (χ1v) is 9.07. The van der Waals surface area contributed by atoms with Crippen LogP contribution < -0.4 is 5.32 Å². The number of amides is 1. The summed E-state index contributed by atoms with van der Waals surface area (Å²) in [5, 5.41) is 3.24. The van der Waals surface area contributed by atoms with Gasteiger partial charge in [0.25, 0.3) is 0 Å². The van der Waals surface area contributed by atoms with Crippen molar-refractivity contribution in [2.45, 2.75) is 52.1 Å². The molecule has 0 aromatic carbocycles. The van der Waals surface area contributed by atoms with Gasteiger partial charge in [0, 0.05) is 38.2 Å². The Balaban J connectivity index is 1.97. The smallest absolute Gasteiger partial charge is 0.225 e. The highest BCUT2D eigenvalue weighted by atomic mass is 16.2. The zero-order valence-corrected chi connectivity index (χ0v) is 15.3. The molecule has 1 N–H and O–H groups in total. The number of fused-ring (bicyclic) bond motifs is 1. The maximum Gasteiger partial charge on any atom is 0.225 e. The Morgan fingerprint density at radius 2 is 2.04 bits per heavy atom. The van der Waals surface area contributed by atoms with E-state index >= 15 is 0 Å². The average molecular weight is 331 g/mol. The number of piperidine rings is 1. The monoisotopic (exact) mass is 331 g/mol. The minimum absolute atomic E-state index is 0.0122. The summed E-state index contributed by atoms with van der Waals surface area (Å²) in [6, 6.07) is 0.0123. The van der Waals surface area contributed by atoms with Gasteiger partial charge in [-0.15, -0.1) is 0 Å². The molecule has 132 valence electrons. The lowest BCUT2D eigenvalue weighted by Gasteiger charge is -2.36. The molecule has 0 aliphatic carbocycles. The van der Waals surface area contributed by atoms with Crippen LogP contribution in [0.25, 0.3) is 0 Å². The van der Waals surface area contributed by atoms with Gasteiger partial charge in [-0.2, -0.15) is 0 Å². The molecule has 6 heteroatoms. The highest BCUT2D eigenvalue weighted by Crippen LogP contribution is 2.33. The van der Waals surface area contributed by atoms with Crippen molar-refractivity contribution in [3.63, 3.8) is 0 Å². The number of nitrogens with one attached hydrogen (secondary N) is 1. The predicted molar refractivity (Wildman–Crippen MR) is 94.8 cm³/mol. The third kappa shape index (κ3) is 3.24. The third-order valence-corrected chi connectivity index (χ3v) is 5.09. The fraction of sp³-hybridized carbons (Fsp3) is 0.722. The number of nitrogens with zero attached hydrogens (tertiary/aromatic N) is 4. The molecule has 2 aliphatic heterocycles. The molecule has 1 aromatic heterocycles. The largest absolute Gasteiger partial charge is 0.373 e. The Kier molecular flexibility index (Phi) is 5.04. The van der Waals surface area contributed by atoms with Crippen molar-refractivity contribution < 1.29 is 4.79 Å². The van der Waals surface area contributed by atoms with E-state index in [1.165, 1.54) is 5.56 Å². The Morgan fingerprint density at radius 3 is 2.75 bits per heavy atom. The van der Waals surface area contributed by atoms with E-state index in [-0.39, 0.29) is 17.9 Å². The minimum atomic E-state index is 0.0122. The Labute approximate surface area is 144 Å². The van der Waals surface area contributed by atoms with E-state index in [1.807, 2.05) is 25.8 Å². The standard InChI is InChI=1S/C18H29N5O/c1-12(2)18(24)23-9-6-5-7-15(23)17-20-14-11-22(4)10-8-13(14)16(19-3)21-17/h12,15H,5-11H2,1-4H3,(H,19,20,21). The lowest BCUT2D eigenvalue weighted by molar-refractivity contribution is -0.138. The predicted octanol–water partition coefficient (Wildman–Crippen LogP) is 2.22.